The van der Waals surface area contributed by atoms with Gasteiger partial charge < -0.3 is 4.42 Å². The molecule has 0 saturated carbocycles. The summed E-state index contributed by atoms with van der Waals surface area (Å²) in [5.74, 6) is 0.993. The summed E-state index contributed by atoms with van der Waals surface area (Å²) in [6.45, 7) is 2.06. The Morgan fingerprint density at radius 2 is 2.67 bits per heavy atom. The van der Waals surface area contributed by atoms with E-state index in [1.165, 1.54) is 0 Å². The zero-order valence-corrected chi connectivity index (χ0v) is 7.33. The van der Waals surface area contributed by atoms with Crippen LogP contribution in [0.2, 0.25) is 0 Å². The second kappa shape index (κ2) is 3.27. The number of nitrogens with zero attached hydrogens (tertiary/aromatic N) is 1. The summed E-state index contributed by atoms with van der Waals surface area (Å²) in [5.41, 5.74) is 0. The van der Waals surface area contributed by atoms with Crippen molar-refractivity contribution < 1.29 is 4.42 Å². The highest BCUT2D eigenvalue weighted by atomic mass is 79.9. The zero-order valence-electron chi connectivity index (χ0n) is 4.93. The van der Waals surface area contributed by atoms with Gasteiger partial charge in [0.25, 0.3) is 5.22 Å². The summed E-state index contributed by atoms with van der Waals surface area (Å²) in [6, 6.07) is 0. The molecule has 0 aliphatic carbocycles. The van der Waals surface area contributed by atoms with Crippen LogP contribution in [0.1, 0.15) is 6.92 Å². The van der Waals surface area contributed by atoms with E-state index in [1.807, 2.05) is 0 Å². The van der Waals surface area contributed by atoms with Crippen LogP contribution >= 0.6 is 27.7 Å². The Morgan fingerprint density at radius 1 is 1.89 bits per heavy atom. The lowest BCUT2D eigenvalue weighted by atomic mass is 11.0. The second-order valence-electron chi connectivity index (χ2n) is 1.37. The highest BCUT2D eigenvalue weighted by Crippen LogP contribution is 2.18. The maximum Gasteiger partial charge on any atom is 0.256 e. The van der Waals surface area contributed by atoms with Crippen molar-refractivity contribution >= 4 is 27.7 Å². The van der Waals surface area contributed by atoms with Crippen molar-refractivity contribution in [1.82, 2.24) is 4.98 Å². The van der Waals surface area contributed by atoms with E-state index >= 15 is 0 Å². The average molecular weight is 208 g/mol. The van der Waals surface area contributed by atoms with Gasteiger partial charge in [-0.25, -0.2) is 0 Å². The lowest BCUT2D eigenvalue weighted by molar-refractivity contribution is 0.454. The topological polar surface area (TPSA) is 26.0 Å². The molecule has 4 heteroatoms. The van der Waals surface area contributed by atoms with E-state index in [2.05, 4.69) is 27.8 Å². The first-order chi connectivity index (χ1) is 4.33. The van der Waals surface area contributed by atoms with Crippen molar-refractivity contribution in [1.29, 1.82) is 0 Å². The van der Waals surface area contributed by atoms with Crippen molar-refractivity contribution in [2.75, 3.05) is 5.75 Å². The van der Waals surface area contributed by atoms with Crippen LogP contribution < -0.4 is 0 Å². The van der Waals surface area contributed by atoms with E-state index in [4.69, 9.17) is 4.42 Å². The number of rotatable bonds is 2. The molecule has 0 radical (unpaired) electrons. The van der Waals surface area contributed by atoms with Gasteiger partial charge in [-0.1, -0.05) is 18.7 Å². The minimum atomic E-state index is 0.726. The highest BCUT2D eigenvalue weighted by Gasteiger charge is 1.98. The first-order valence-electron chi connectivity index (χ1n) is 2.56. The smallest absolute Gasteiger partial charge is 0.256 e. The Morgan fingerprint density at radius 3 is 3.11 bits per heavy atom. The van der Waals surface area contributed by atoms with Gasteiger partial charge in [-0.05, 0) is 21.7 Å². The van der Waals surface area contributed by atoms with Gasteiger partial charge in [0.15, 0.2) is 0 Å². The molecule has 0 aliphatic rings. The van der Waals surface area contributed by atoms with Crippen LogP contribution in [0, 0.1) is 0 Å². The predicted molar refractivity (Wildman–Crippen MR) is 40.6 cm³/mol. The molecule has 2 nitrogen and oxygen atoms in total. The number of aromatic nitrogens is 1. The molecule has 1 aromatic heterocycles. The second-order valence-corrected chi connectivity index (χ2v) is 3.40. The molecule has 0 bridgehead atoms. The number of hydrogen-bond donors (Lipinski definition) is 0. The quantitative estimate of drug-likeness (QED) is 0.698. The Balaban J connectivity index is 2.61. The van der Waals surface area contributed by atoms with Gasteiger partial charge >= 0.3 is 0 Å². The molecular weight excluding hydrogens is 202 g/mol. The number of oxazole rings is 1. The average Bonchev–Trinajstić information content (AvgIpc) is 2.17. The van der Waals surface area contributed by atoms with Crippen LogP contribution in [0.25, 0.3) is 0 Å². The molecule has 0 amide bonds. The monoisotopic (exact) mass is 207 g/mol. The van der Waals surface area contributed by atoms with Crippen LogP contribution in [0.15, 0.2) is 20.5 Å². The van der Waals surface area contributed by atoms with E-state index in [9.17, 15) is 0 Å². The molecule has 0 unspecified atom stereocenters. The maximum absolute atomic E-state index is 5.01. The third kappa shape index (κ3) is 2.02. The van der Waals surface area contributed by atoms with Gasteiger partial charge in [-0.3, -0.25) is 0 Å². The van der Waals surface area contributed by atoms with Crippen LogP contribution in [0.4, 0.5) is 0 Å². The first-order valence-corrected chi connectivity index (χ1v) is 4.34. The van der Waals surface area contributed by atoms with E-state index in [1.54, 1.807) is 18.0 Å². The summed E-state index contributed by atoms with van der Waals surface area (Å²) in [7, 11) is 0. The molecule has 0 N–H and O–H groups in total. The number of hydrogen-bond acceptors (Lipinski definition) is 3. The predicted octanol–water partition coefficient (Wildman–Crippen LogP) is 2.55. The van der Waals surface area contributed by atoms with Crippen LogP contribution in [0.3, 0.4) is 0 Å². The normalized spacial score (nSPS) is 10.0. The van der Waals surface area contributed by atoms with Gasteiger partial charge in [0.05, 0.1) is 0 Å². The molecule has 0 aliphatic heterocycles. The highest BCUT2D eigenvalue weighted by molar-refractivity contribution is 9.10. The van der Waals surface area contributed by atoms with Crippen molar-refractivity contribution in [3.05, 3.63) is 10.9 Å². The first kappa shape index (κ1) is 7.15. The molecule has 1 rings (SSSR count). The lowest BCUT2D eigenvalue weighted by Gasteiger charge is -1.83. The fourth-order valence-corrected chi connectivity index (χ4v) is 1.33. The van der Waals surface area contributed by atoms with Gasteiger partial charge in [0.2, 0.25) is 0 Å². The molecule has 9 heavy (non-hydrogen) atoms. The SMILES string of the molecule is CCSc1nc(Br)co1. The van der Waals surface area contributed by atoms with E-state index in [0.29, 0.717) is 0 Å². The standard InChI is InChI=1S/C5H6BrNOS/c1-2-9-5-7-4(6)3-8-5/h3H,2H2,1H3. The van der Waals surface area contributed by atoms with E-state index in [0.717, 1.165) is 15.6 Å². The van der Waals surface area contributed by atoms with Crippen LogP contribution in [-0.4, -0.2) is 10.7 Å². The minimum Gasteiger partial charge on any atom is -0.439 e. The van der Waals surface area contributed by atoms with Crippen molar-refractivity contribution in [3.8, 4) is 0 Å². The van der Waals surface area contributed by atoms with E-state index in [-0.39, 0.29) is 0 Å². The summed E-state index contributed by atoms with van der Waals surface area (Å²) in [4.78, 5) is 4.01. The molecule has 0 aromatic carbocycles. The fourth-order valence-electron chi connectivity index (χ4n) is 0.429. The minimum absolute atomic E-state index is 0.726. The van der Waals surface area contributed by atoms with Gasteiger partial charge in [-0.15, -0.1) is 0 Å². The van der Waals surface area contributed by atoms with Crippen LogP contribution in [0.5, 0.6) is 0 Å². The molecule has 0 fully saturated rings. The van der Waals surface area contributed by atoms with Crippen molar-refractivity contribution in [3.63, 3.8) is 0 Å². The van der Waals surface area contributed by atoms with Gasteiger partial charge in [-0.2, -0.15) is 4.98 Å². The zero-order chi connectivity index (χ0) is 6.69. The molecule has 1 heterocycles. The summed E-state index contributed by atoms with van der Waals surface area (Å²) in [6.07, 6.45) is 1.58. The summed E-state index contributed by atoms with van der Waals surface area (Å²) in [5, 5.41) is 0.726. The Bertz CT molecular complexity index is 189. The van der Waals surface area contributed by atoms with Crippen molar-refractivity contribution in [2.24, 2.45) is 0 Å². The molecular formula is C5H6BrNOS. The molecule has 0 atom stereocenters. The third-order valence-electron chi connectivity index (χ3n) is 0.723. The van der Waals surface area contributed by atoms with E-state index < -0.39 is 0 Å². The molecule has 50 valence electrons. The largest absolute Gasteiger partial charge is 0.439 e. The van der Waals surface area contributed by atoms with Crippen molar-refractivity contribution in [2.45, 2.75) is 12.1 Å². The fraction of sp³-hybridized carbons (Fsp3) is 0.400. The lowest BCUT2D eigenvalue weighted by Crippen LogP contribution is -1.69. The Kier molecular flexibility index (Phi) is 2.60. The molecule has 1 aromatic rings. The van der Waals surface area contributed by atoms with Gasteiger partial charge in [0.1, 0.15) is 10.9 Å². The summed E-state index contributed by atoms with van der Waals surface area (Å²) >= 11 is 4.77. The number of halogens is 1. The molecule has 0 saturated heterocycles. The third-order valence-corrected chi connectivity index (χ3v) is 1.81. The number of thioether (sulfide) groups is 1. The maximum atomic E-state index is 5.01. The van der Waals surface area contributed by atoms with Crippen LogP contribution in [-0.2, 0) is 0 Å². The molecule has 0 spiro atoms. The summed E-state index contributed by atoms with van der Waals surface area (Å²) < 4.78 is 5.77. The van der Waals surface area contributed by atoms with Gasteiger partial charge in [0, 0.05) is 0 Å². The Hall–Kier alpha value is 0.0400. The Labute approximate surface area is 66.2 Å².